The Hall–Kier alpha value is -2.32. The molecule has 1 amide bonds. The first-order chi connectivity index (χ1) is 12.5. The third kappa shape index (κ3) is 4.34. The van der Waals surface area contributed by atoms with E-state index in [1.165, 1.54) is 14.0 Å². The molecule has 0 atom stereocenters. The van der Waals surface area contributed by atoms with Crippen molar-refractivity contribution in [2.75, 3.05) is 13.7 Å². The Morgan fingerprint density at radius 1 is 1.26 bits per heavy atom. The fourth-order valence-electron chi connectivity index (χ4n) is 2.64. The lowest BCUT2D eigenvalue weighted by Gasteiger charge is -2.32. The van der Waals surface area contributed by atoms with Gasteiger partial charge in [-0.25, -0.2) is 0 Å². The summed E-state index contributed by atoms with van der Waals surface area (Å²) in [4.78, 5) is 22.9. The minimum absolute atomic E-state index is 0.0891. The first-order valence-electron chi connectivity index (χ1n) is 8.68. The number of hydrogen-bond donors (Lipinski definition) is 2. The predicted molar refractivity (Wildman–Crippen MR) is 103 cm³/mol. The van der Waals surface area contributed by atoms with Crippen molar-refractivity contribution in [2.24, 2.45) is 0 Å². The molecule has 1 aromatic rings. The number of carbonyl (C=O) groups excluding carboxylic acids is 2. The van der Waals surface area contributed by atoms with Crippen LogP contribution >= 0.6 is 0 Å². The highest BCUT2D eigenvalue weighted by Crippen LogP contribution is 2.39. The third-order valence-electron chi connectivity index (χ3n) is 4.99. The van der Waals surface area contributed by atoms with Crippen LogP contribution in [0, 0.1) is 0 Å². The van der Waals surface area contributed by atoms with Gasteiger partial charge in [0.15, 0.2) is 17.8 Å². The van der Waals surface area contributed by atoms with Crippen LogP contribution in [0.25, 0.3) is 6.08 Å². The van der Waals surface area contributed by atoms with Gasteiger partial charge in [0.05, 0.1) is 23.9 Å². The molecule has 0 unspecified atom stereocenters. The number of phenolic OH excluding ortho intramolecular Hbond substituents is 1. The first kappa shape index (κ1) is 21.0. The Bertz CT molecular complexity index is 756. The number of aldehydes is 1. The second kappa shape index (κ2) is 7.74. The van der Waals surface area contributed by atoms with E-state index < -0.39 is 18.3 Å². The van der Waals surface area contributed by atoms with Crippen molar-refractivity contribution in [2.45, 2.75) is 45.8 Å². The zero-order valence-electron chi connectivity index (χ0n) is 16.6. The van der Waals surface area contributed by atoms with Gasteiger partial charge in [0.1, 0.15) is 0 Å². The summed E-state index contributed by atoms with van der Waals surface area (Å²) in [5.41, 5.74) is 0.0754. The molecule has 0 bridgehead atoms. The maximum atomic E-state index is 11.5. The Kier molecular flexibility index (Phi) is 6.02. The maximum Gasteiger partial charge on any atom is 0.492 e. The highest BCUT2D eigenvalue weighted by molar-refractivity contribution is 6.56. The fourth-order valence-corrected chi connectivity index (χ4v) is 2.64. The number of phenols is 1. The number of hydrogen-bond acceptors (Lipinski definition) is 6. The van der Waals surface area contributed by atoms with Crippen LogP contribution in [0.3, 0.4) is 0 Å². The van der Waals surface area contributed by atoms with E-state index in [0.29, 0.717) is 17.3 Å². The molecule has 0 radical (unpaired) electrons. The fraction of sp³-hybridized carbons (Fsp3) is 0.474. The minimum Gasteiger partial charge on any atom is -0.504 e. The lowest BCUT2D eigenvalue weighted by atomic mass is 9.76. The zero-order valence-corrected chi connectivity index (χ0v) is 16.6. The quantitative estimate of drug-likeness (QED) is 0.586. The summed E-state index contributed by atoms with van der Waals surface area (Å²) in [6.07, 6.45) is 2.24. The normalized spacial score (nSPS) is 18.3. The van der Waals surface area contributed by atoms with Gasteiger partial charge in [-0.2, -0.15) is 0 Å². The van der Waals surface area contributed by atoms with Gasteiger partial charge in [0.2, 0.25) is 5.91 Å². The van der Waals surface area contributed by atoms with Crippen molar-refractivity contribution in [1.82, 2.24) is 5.32 Å². The number of methoxy groups -OCH3 is 1. The molecule has 7 nitrogen and oxygen atoms in total. The van der Waals surface area contributed by atoms with Gasteiger partial charge in [0.25, 0.3) is 0 Å². The molecular formula is C19H26BNO6. The molecule has 1 aliphatic rings. The number of amides is 1. The van der Waals surface area contributed by atoms with Crippen LogP contribution in [-0.2, 0) is 14.1 Å². The Morgan fingerprint density at radius 3 is 2.33 bits per heavy atom. The molecule has 1 aromatic carbocycles. The van der Waals surface area contributed by atoms with E-state index in [9.17, 15) is 14.7 Å². The summed E-state index contributed by atoms with van der Waals surface area (Å²) in [6, 6.07) is 3.22. The van der Waals surface area contributed by atoms with Gasteiger partial charge in [-0.05, 0) is 44.8 Å². The summed E-state index contributed by atoms with van der Waals surface area (Å²) in [5, 5.41) is 12.9. The monoisotopic (exact) mass is 375 g/mol. The average molecular weight is 375 g/mol. The number of carbonyl (C=O) groups is 2. The lowest BCUT2D eigenvalue weighted by molar-refractivity contribution is -0.118. The molecule has 8 heteroatoms. The molecule has 146 valence electrons. The number of benzene rings is 1. The van der Waals surface area contributed by atoms with Gasteiger partial charge in [0, 0.05) is 13.5 Å². The summed E-state index contributed by atoms with van der Waals surface area (Å²) in [7, 11) is 0.705. The van der Waals surface area contributed by atoms with E-state index in [1.54, 1.807) is 18.2 Å². The van der Waals surface area contributed by atoms with Crippen molar-refractivity contribution in [1.29, 1.82) is 0 Å². The third-order valence-corrected chi connectivity index (χ3v) is 4.99. The molecule has 1 saturated heterocycles. The largest absolute Gasteiger partial charge is 0.504 e. The highest BCUT2D eigenvalue weighted by atomic mass is 16.7. The van der Waals surface area contributed by atoms with Crippen molar-refractivity contribution < 1.29 is 28.7 Å². The van der Waals surface area contributed by atoms with Crippen LogP contribution in [-0.4, -0.2) is 49.3 Å². The van der Waals surface area contributed by atoms with Crippen molar-refractivity contribution in [3.63, 3.8) is 0 Å². The van der Waals surface area contributed by atoms with Gasteiger partial charge in [-0.3, -0.25) is 9.59 Å². The zero-order chi connectivity index (χ0) is 20.4. The maximum absolute atomic E-state index is 11.5. The summed E-state index contributed by atoms with van der Waals surface area (Å²) in [5.74, 6) is -0.243. The molecule has 0 aromatic heterocycles. The van der Waals surface area contributed by atoms with Crippen LogP contribution in [0.1, 0.15) is 50.5 Å². The molecule has 1 fully saturated rings. The van der Waals surface area contributed by atoms with Crippen molar-refractivity contribution >= 4 is 25.4 Å². The van der Waals surface area contributed by atoms with E-state index in [1.807, 2.05) is 27.7 Å². The number of aromatic hydroxyl groups is 1. The minimum atomic E-state index is -0.703. The summed E-state index contributed by atoms with van der Waals surface area (Å²) in [6.45, 7) is 9.31. The molecule has 27 heavy (non-hydrogen) atoms. The van der Waals surface area contributed by atoms with E-state index in [0.717, 1.165) is 0 Å². The topological polar surface area (TPSA) is 94.1 Å². The summed E-state index contributed by atoms with van der Waals surface area (Å²) >= 11 is 0. The smallest absolute Gasteiger partial charge is 0.492 e. The molecule has 0 spiro atoms. The predicted octanol–water partition coefficient (Wildman–Crippen LogP) is 2.36. The molecule has 1 aliphatic heterocycles. The molecule has 2 rings (SSSR count). The second-order valence-electron chi connectivity index (χ2n) is 7.45. The Balaban J connectivity index is 2.48. The second-order valence-corrected chi connectivity index (χ2v) is 7.45. The molecule has 0 saturated carbocycles. The van der Waals surface area contributed by atoms with Crippen LogP contribution in [0.2, 0.25) is 0 Å². The summed E-state index contributed by atoms with van der Waals surface area (Å²) < 4.78 is 17.2. The SMILES string of the molecule is COc1ccc(C=C(CNC(C)=O)B2OC(C)(C)C(C)(C)O2)c(C=O)c1O. The van der Waals surface area contributed by atoms with Crippen molar-refractivity contribution in [3.8, 4) is 11.5 Å². The van der Waals surface area contributed by atoms with E-state index in [4.69, 9.17) is 14.0 Å². The van der Waals surface area contributed by atoms with E-state index >= 15 is 0 Å². The molecule has 0 aliphatic carbocycles. The molecule has 2 N–H and O–H groups in total. The Labute approximate surface area is 159 Å². The highest BCUT2D eigenvalue weighted by Gasteiger charge is 2.52. The average Bonchev–Trinajstić information content (AvgIpc) is 2.79. The van der Waals surface area contributed by atoms with Crippen LogP contribution in [0.15, 0.2) is 17.6 Å². The van der Waals surface area contributed by atoms with E-state index in [-0.39, 0.29) is 29.5 Å². The van der Waals surface area contributed by atoms with Crippen LogP contribution in [0.4, 0.5) is 0 Å². The molecule has 1 heterocycles. The number of ether oxygens (including phenoxy) is 1. The van der Waals surface area contributed by atoms with E-state index in [2.05, 4.69) is 5.32 Å². The molecular weight excluding hydrogens is 349 g/mol. The van der Waals surface area contributed by atoms with Crippen LogP contribution < -0.4 is 10.1 Å². The van der Waals surface area contributed by atoms with Gasteiger partial charge in [-0.1, -0.05) is 12.1 Å². The number of rotatable bonds is 6. The van der Waals surface area contributed by atoms with Crippen molar-refractivity contribution in [3.05, 3.63) is 28.7 Å². The first-order valence-corrected chi connectivity index (χ1v) is 8.68. The van der Waals surface area contributed by atoms with Gasteiger partial charge >= 0.3 is 7.12 Å². The van der Waals surface area contributed by atoms with Gasteiger partial charge < -0.3 is 24.5 Å². The standard InChI is InChI=1S/C19H26BNO6/c1-12(23)21-10-14(20-26-18(2,3)19(4,5)27-20)9-13-7-8-16(25-6)17(24)15(13)11-22/h7-9,11,24H,10H2,1-6H3,(H,21,23). The Morgan fingerprint density at radius 2 is 1.85 bits per heavy atom. The van der Waals surface area contributed by atoms with Gasteiger partial charge in [-0.15, -0.1) is 0 Å². The van der Waals surface area contributed by atoms with Crippen LogP contribution in [0.5, 0.6) is 11.5 Å². The number of nitrogens with one attached hydrogen (secondary N) is 1. The lowest BCUT2D eigenvalue weighted by Crippen LogP contribution is -2.41.